The van der Waals surface area contributed by atoms with Gasteiger partial charge in [0, 0.05) is 0 Å². The lowest BCUT2D eigenvalue weighted by Crippen LogP contribution is -2.42. The molecule has 0 aromatic heterocycles. The Balaban J connectivity index is 1.97. The van der Waals surface area contributed by atoms with E-state index in [1.54, 1.807) is 0 Å². The van der Waals surface area contributed by atoms with E-state index in [4.69, 9.17) is 10.00 Å². The highest BCUT2D eigenvalue weighted by atomic mass is 16.5. The van der Waals surface area contributed by atoms with E-state index in [9.17, 15) is 0 Å². The first-order valence-corrected chi connectivity index (χ1v) is 6.05. The molecule has 1 fully saturated rings. The van der Waals surface area contributed by atoms with Crippen molar-refractivity contribution in [2.24, 2.45) is 5.92 Å². The van der Waals surface area contributed by atoms with E-state index in [0.717, 1.165) is 48.9 Å². The largest absolute Gasteiger partial charge is 0.493 e. The van der Waals surface area contributed by atoms with E-state index in [1.807, 2.05) is 26.0 Å². The lowest BCUT2D eigenvalue weighted by molar-refractivity contribution is 0.236. The van der Waals surface area contributed by atoms with E-state index >= 15 is 0 Å². The average Bonchev–Trinajstić information content (AvgIpc) is 2.24. The highest BCUT2D eigenvalue weighted by Crippen LogP contribution is 2.25. The molecule has 0 saturated carbocycles. The first kappa shape index (κ1) is 11.9. The van der Waals surface area contributed by atoms with Crippen molar-refractivity contribution < 1.29 is 4.74 Å². The third-order valence-corrected chi connectivity index (χ3v) is 3.23. The van der Waals surface area contributed by atoms with Crippen molar-refractivity contribution in [3.05, 3.63) is 28.8 Å². The van der Waals surface area contributed by atoms with Crippen LogP contribution in [0, 0.1) is 31.1 Å². The van der Waals surface area contributed by atoms with Gasteiger partial charge in [-0.1, -0.05) is 0 Å². The Hall–Kier alpha value is -1.53. The molecular weight excluding hydrogens is 212 g/mol. The van der Waals surface area contributed by atoms with Crippen LogP contribution < -0.4 is 10.1 Å². The van der Waals surface area contributed by atoms with E-state index in [-0.39, 0.29) is 0 Å². The summed E-state index contributed by atoms with van der Waals surface area (Å²) >= 11 is 0. The topological polar surface area (TPSA) is 45.0 Å². The fourth-order valence-electron chi connectivity index (χ4n) is 2.12. The Morgan fingerprint density at radius 2 is 2.00 bits per heavy atom. The Morgan fingerprint density at radius 3 is 2.47 bits per heavy atom. The van der Waals surface area contributed by atoms with E-state index in [0.29, 0.717) is 5.56 Å². The lowest BCUT2D eigenvalue weighted by atomic mass is 10.0. The molecule has 1 N–H and O–H groups in total. The second-order valence-electron chi connectivity index (χ2n) is 4.71. The first-order chi connectivity index (χ1) is 8.20. The minimum absolute atomic E-state index is 0.704. The summed E-state index contributed by atoms with van der Waals surface area (Å²) < 4.78 is 5.84. The zero-order valence-electron chi connectivity index (χ0n) is 10.4. The molecule has 3 nitrogen and oxygen atoms in total. The van der Waals surface area contributed by atoms with Crippen LogP contribution in [0.3, 0.4) is 0 Å². The van der Waals surface area contributed by atoms with E-state index in [1.165, 1.54) is 0 Å². The quantitative estimate of drug-likeness (QED) is 0.862. The third kappa shape index (κ3) is 2.78. The molecule has 1 saturated heterocycles. The number of nitrogens with zero attached hydrogens (tertiary/aromatic N) is 1. The zero-order chi connectivity index (χ0) is 12.3. The summed E-state index contributed by atoms with van der Waals surface area (Å²) in [4.78, 5) is 0. The summed E-state index contributed by atoms with van der Waals surface area (Å²) in [5, 5.41) is 12.1. The normalized spacial score (nSPS) is 15.1. The van der Waals surface area contributed by atoms with Crippen LogP contribution in [0.5, 0.6) is 5.75 Å². The zero-order valence-corrected chi connectivity index (χ0v) is 10.4. The molecule has 2 rings (SSSR count). The van der Waals surface area contributed by atoms with Gasteiger partial charge in [0.2, 0.25) is 0 Å². The molecule has 0 bridgehead atoms. The molecule has 0 amide bonds. The lowest BCUT2D eigenvalue weighted by Gasteiger charge is -2.27. The number of benzene rings is 1. The molecule has 0 unspecified atom stereocenters. The second kappa shape index (κ2) is 5.20. The van der Waals surface area contributed by atoms with Gasteiger partial charge in [0.25, 0.3) is 0 Å². The molecule has 3 heteroatoms. The van der Waals surface area contributed by atoms with Gasteiger partial charge in [-0.3, -0.25) is 0 Å². The number of aryl methyl sites for hydroxylation is 2. The molecule has 90 valence electrons. The number of rotatable bonds is 4. The molecule has 1 aromatic rings. The summed E-state index contributed by atoms with van der Waals surface area (Å²) in [6, 6.07) is 5.93. The maximum Gasteiger partial charge on any atom is 0.125 e. The van der Waals surface area contributed by atoms with Crippen LogP contribution in [-0.2, 0) is 0 Å². The van der Waals surface area contributed by atoms with Crippen LogP contribution in [0.4, 0.5) is 0 Å². The van der Waals surface area contributed by atoms with Crippen LogP contribution in [0.15, 0.2) is 12.1 Å². The van der Waals surface area contributed by atoms with Crippen molar-refractivity contribution in [1.29, 1.82) is 5.26 Å². The van der Waals surface area contributed by atoms with Crippen molar-refractivity contribution in [3.63, 3.8) is 0 Å². The van der Waals surface area contributed by atoms with Crippen molar-refractivity contribution in [1.82, 2.24) is 5.32 Å². The van der Waals surface area contributed by atoms with Crippen molar-refractivity contribution >= 4 is 0 Å². The van der Waals surface area contributed by atoms with Gasteiger partial charge in [-0.25, -0.2) is 0 Å². The van der Waals surface area contributed by atoms with Crippen LogP contribution in [0.25, 0.3) is 0 Å². The summed E-state index contributed by atoms with van der Waals surface area (Å²) in [6.45, 7) is 6.99. The van der Waals surface area contributed by atoms with E-state index < -0.39 is 0 Å². The minimum atomic E-state index is 0.704. The van der Waals surface area contributed by atoms with Crippen LogP contribution in [0.1, 0.15) is 23.1 Å². The summed E-state index contributed by atoms with van der Waals surface area (Å²) in [6.07, 6.45) is 1.10. The standard InChI is InChI=1S/C14H18N2O/c1-10-5-13(7-15)6-11(2)14(10)17-4-3-12-8-16-9-12/h5-6,12,16H,3-4,8-9H2,1-2H3. The van der Waals surface area contributed by atoms with Gasteiger partial charge in [-0.15, -0.1) is 0 Å². The predicted octanol–water partition coefficient (Wildman–Crippen LogP) is 2.16. The van der Waals surface area contributed by atoms with Crippen LogP contribution in [-0.4, -0.2) is 19.7 Å². The Kier molecular flexibility index (Phi) is 3.65. The molecule has 0 radical (unpaired) electrons. The molecule has 1 aliphatic heterocycles. The van der Waals surface area contributed by atoms with Crippen molar-refractivity contribution in [2.45, 2.75) is 20.3 Å². The van der Waals surface area contributed by atoms with Gasteiger partial charge in [-0.05, 0) is 62.5 Å². The fourth-order valence-corrected chi connectivity index (χ4v) is 2.12. The van der Waals surface area contributed by atoms with E-state index in [2.05, 4.69) is 11.4 Å². The number of hydrogen-bond donors (Lipinski definition) is 1. The summed E-state index contributed by atoms with van der Waals surface area (Å²) in [5.41, 5.74) is 2.80. The second-order valence-corrected chi connectivity index (χ2v) is 4.71. The minimum Gasteiger partial charge on any atom is -0.493 e. The van der Waals surface area contributed by atoms with Crippen LogP contribution in [0.2, 0.25) is 0 Å². The molecule has 1 aliphatic rings. The van der Waals surface area contributed by atoms with Crippen molar-refractivity contribution in [3.8, 4) is 11.8 Å². The monoisotopic (exact) mass is 230 g/mol. The van der Waals surface area contributed by atoms with Gasteiger partial charge in [0.05, 0.1) is 18.2 Å². The molecule has 0 atom stereocenters. The third-order valence-electron chi connectivity index (χ3n) is 3.23. The molecule has 17 heavy (non-hydrogen) atoms. The van der Waals surface area contributed by atoms with Crippen LogP contribution >= 0.6 is 0 Å². The number of nitriles is 1. The summed E-state index contributed by atoms with van der Waals surface area (Å²) in [7, 11) is 0. The maximum atomic E-state index is 8.87. The van der Waals surface area contributed by atoms with Gasteiger partial charge in [-0.2, -0.15) is 5.26 Å². The predicted molar refractivity (Wildman–Crippen MR) is 67.1 cm³/mol. The number of hydrogen-bond acceptors (Lipinski definition) is 3. The summed E-state index contributed by atoms with van der Waals surface area (Å²) in [5.74, 6) is 1.71. The van der Waals surface area contributed by atoms with Gasteiger partial charge < -0.3 is 10.1 Å². The number of nitrogens with one attached hydrogen (secondary N) is 1. The van der Waals surface area contributed by atoms with Gasteiger partial charge in [0.15, 0.2) is 0 Å². The smallest absolute Gasteiger partial charge is 0.125 e. The molecular formula is C14H18N2O. The highest BCUT2D eigenvalue weighted by molar-refractivity contribution is 5.47. The maximum absolute atomic E-state index is 8.87. The Labute approximate surface area is 102 Å². The highest BCUT2D eigenvalue weighted by Gasteiger charge is 2.16. The molecule has 0 spiro atoms. The first-order valence-electron chi connectivity index (χ1n) is 6.05. The SMILES string of the molecule is Cc1cc(C#N)cc(C)c1OCCC1CNC1. The van der Waals surface area contributed by atoms with Gasteiger partial charge in [0.1, 0.15) is 5.75 Å². The number of ether oxygens (including phenoxy) is 1. The average molecular weight is 230 g/mol. The molecule has 1 heterocycles. The molecule has 1 aromatic carbocycles. The molecule has 0 aliphatic carbocycles. The van der Waals surface area contributed by atoms with Crippen molar-refractivity contribution in [2.75, 3.05) is 19.7 Å². The van der Waals surface area contributed by atoms with Gasteiger partial charge >= 0.3 is 0 Å². The Bertz CT molecular complexity index is 421. The fraction of sp³-hybridized carbons (Fsp3) is 0.500. The Morgan fingerprint density at radius 1 is 1.35 bits per heavy atom.